The Labute approximate surface area is 206 Å². The highest BCUT2D eigenvalue weighted by atomic mass is 35.5. The van der Waals surface area contributed by atoms with Gasteiger partial charge < -0.3 is 15.5 Å². The van der Waals surface area contributed by atoms with Crippen LogP contribution in [0.1, 0.15) is 36.8 Å². The first kappa shape index (κ1) is 25.0. The molecule has 0 atom stereocenters. The Kier molecular flexibility index (Phi) is 7.35. The lowest BCUT2D eigenvalue weighted by atomic mass is 9.85. The molecule has 0 spiro atoms. The minimum atomic E-state index is -4.46. The Morgan fingerprint density at radius 2 is 1.80 bits per heavy atom. The number of hydrogen-bond donors (Lipinski definition) is 2. The number of anilines is 2. The Bertz CT molecular complexity index is 1210. The number of carbonyl (C=O) groups is 1. The fourth-order valence-corrected chi connectivity index (χ4v) is 4.55. The van der Waals surface area contributed by atoms with Crippen molar-refractivity contribution in [2.75, 3.05) is 24.3 Å². The van der Waals surface area contributed by atoms with Crippen molar-refractivity contribution in [2.45, 2.75) is 44.4 Å². The third kappa shape index (κ3) is 5.96. The van der Waals surface area contributed by atoms with Crippen LogP contribution in [0.5, 0.6) is 0 Å². The zero-order chi connectivity index (χ0) is 25.2. The molecule has 0 saturated heterocycles. The lowest BCUT2D eigenvalue weighted by molar-refractivity contribution is -0.137. The van der Waals surface area contributed by atoms with E-state index in [2.05, 4.69) is 20.6 Å². The van der Waals surface area contributed by atoms with E-state index in [1.165, 1.54) is 6.07 Å². The molecule has 3 aromatic rings. The third-order valence-electron chi connectivity index (χ3n) is 6.26. The standard InChI is InChI=1S/C25H27ClF3N5O/c1-34(2)22-19-5-3-4-6-21(19)32-24(33-22)31-18-10-7-15(8-11-18)23(35)30-14-16-13-17(25(27,28)29)9-12-20(16)26/h3-6,9,12-13,15,18H,7-8,10-11,14H2,1-2H3,(H,30,35)(H,31,32,33). The smallest absolute Gasteiger partial charge is 0.362 e. The van der Waals surface area contributed by atoms with Crippen molar-refractivity contribution in [3.8, 4) is 0 Å². The van der Waals surface area contributed by atoms with Crippen molar-refractivity contribution in [2.24, 2.45) is 5.92 Å². The number of amides is 1. The second-order valence-corrected chi connectivity index (χ2v) is 9.40. The van der Waals surface area contributed by atoms with Gasteiger partial charge in [0, 0.05) is 43.0 Å². The first-order valence-electron chi connectivity index (χ1n) is 11.5. The van der Waals surface area contributed by atoms with Gasteiger partial charge in [0.2, 0.25) is 11.9 Å². The summed E-state index contributed by atoms with van der Waals surface area (Å²) < 4.78 is 38.9. The van der Waals surface area contributed by atoms with Gasteiger partial charge >= 0.3 is 6.18 Å². The number of halogens is 4. The van der Waals surface area contributed by atoms with Gasteiger partial charge in [0.1, 0.15) is 5.82 Å². The number of para-hydroxylation sites is 1. The van der Waals surface area contributed by atoms with Crippen LogP contribution >= 0.6 is 11.6 Å². The van der Waals surface area contributed by atoms with Crippen molar-refractivity contribution >= 4 is 40.2 Å². The highest BCUT2D eigenvalue weighted by Gasteiger charge is 2.31. The highest BCUT2D eigenvalue weighted by Crippen LogP contribution is 2.32. The van der Waals surface area contributed by atoms with Gasteiger partial charge in [-0.25, -0.2) is 4.98 Å². The summed E-state index contributed by atoms with van der Waals surface area (Å²) in [5, 5.41) is 7.33. The summed E-state index contributed by atoms with van der Waals surface area (Å²) in [5.41, 5.74) is 0.316. The van der Waals surface area contributed by atoms with Crippen LogP contribution < -0.4 is 15.5 Å². The Hall–Kier alpha value is -3.07. The van der Waals surface area contributed by atoms with Gasteiger partial charge in [-0.05, 0) is 61.6 Å². The Morgan fingerprint density at radius 1 is 1.09 bits per heavy atom. The van der Waals surface area contributed by atoms with Crippen LogP contribution in [-0.2, 0) is 17.5 Å². The molecular formula is C25H27ClF3N5O. The molecule has 1 fully saturated rings. The van der Waals surface area contributed by atoms with Crippen molar-refractivity contribution in [1.29, 1.82) is 0 Å². The molecule has 0 radical (unpaired) electrons. The van der Waals surface area contributed by atoms with Gasteiger partial charge in [-0.15, -0.1) is 0 Å². The predicted octanol–water partition coefficient (Wildman–Crippen LogP) is 5.66. The second kappa shape index (κ2) is 10.3. The number of benzene rings is 2. The molecule has 2 N–H and O–H groups in total. The molecule has 0 bridgehead atoms. The average Bonchev–Trinajstić information content (AvgIpc) is 2.82. The molecule has 2 aromatic carbocycles. The van der Waals surface area contributed by atoms with E-state index in [0.717, 1.165) is 41.7 Å². The number of nitrogens with one attached hydrogen (secondary N) is 2. The van der Waals surface area contributed by atoms with Gasteiger partial charge in [0.15, 0.2) is 0 Å². The highest BCUT2D eigenvalue weighted by molar-refractivity contribution is 6.31. The first-order chi connectivity index (χ1) is 16.6. The molecule has 1 aromatic heterocycles. The number of alkyl halides is 3. The fourth-order valence-electron chi connectivity index (χ4n) is 4.36. The monoisotopic (exact) mass is 505 g/mol. The van der Waals surface area contributed by atoms with E-state index < -0.39 is 11.7 Å². The molecule has 4 rings (SSSR count). The molecule has 35 heavy (non-hydrogen) atoms. The van der Waals surface area contributed by atoms with Gasteiger partial charge in [-0.1, -0.05) is 23.7 Å². The maximum Gasteiger partial charge on any atom is 0.416 e. The second-order valence-electron chi connectivity index (χ2n) is 9.00. The van der Waals surface area contributed by atoms with Crippen LogP contribution in [0.4, 0.5) is 24.9 Å². The summed E-state index contributed by atoms with van der Waals surface area (Å²) in [6, 6.07) is 11.1. The summed E-state index contributed by atoms with van der Waals surface area (Å²) in [6.45, 7) is -0.0436. The van der Waals surface area contributed by atoms with Gasteiger partial charge in [0.05, 0.1) is 11.1 Å². The van der Waals surface area contributed by atoms with E-state index in [1.54, 1.807) is 0 Å². The first-order valence-corrected chi connectivity index (χ1v) is 11.8. The predicted molar refractivity (Wildman–Crippen MR) is 132 cm³/mol. The molecule has 10 heteroatoms. The number of hydrogen-bond acceptors (Lipinski definition) is 5. The summed E-state index contributed by atoms with van der Waals surface area (Å²) in [7, 11) is 3.88. The normalized spacial score (nSPS) is 18.3. The van der Waals surface area contributed by atoms with E-state index in [1.807, 2.05) is 43.3 Å². The Balaban J connectivity index is 1.33. The Morgan fingerprint density at radius 3 is 2.49 bits per heavy atom. The molecule has 1 amide bonds. The number of fused-ring (bicyclic) bond motifs is 1. The van der Waals surface area contributed by atoms with E-state index in [0.29, 0.717) is 18.8 Å². The zero-order valence-electron chi connectivity index (χ0n) is 19.5. The summed E-state index contributed by atoms with van der Waals surface area (Å²) in [6.07, 6.45) is -1.62. The minimum absolute atomic E-state index is 0.0436. The maximum absolute atomic E-state index is 13.0. The zero-order valence-corrected chi connectivity index (χ0v) is 20.2. The van der Waals surface area contributed by atoms with Crippen molar-refractivity contribution in [3.05, 3.63) is 58.6 Å². The van der Waals surface area contributed by atoms with E-state index in [-0.39, 0.29) is 35.0 Å². The molecular weight excluding hydrogens is 479 g/mol. The number of nitrogens with zero attached hydrogens (tertiary/aromatic N) is 3. The summed E-state index contributed by atoms with van der Waals surface area (Å²) >= 11 is 6.04. The number of aromatic nitrogens is 2. The average molecular weight is 506 g/mol. The van der Waals surface area contributed by atoms with Crippen molar-refractivity contribution in [1.82, 2.24) is 15.3 Å². The minimum Gasteiger partial charge on any atom is -0.362 e. The van der Waals surface area contributed by atoms with Crippen molar-refractivity contribution < 1.29 is 18.0 Å². The third-order valence-corrected chi connectivity index (χ3v) is 6.63. The molecule has 1 saturated carbocycles. The van der Waals surface area contributed by atoms with Crippen LogP contribution in [0, 0.1) is 5.92 Å². The van der Waals surface area contributed by atoms with Gasteiger partial charge in [0.25, 0.3) is 0 Å². The molecule has 1 aliphatic carbocycles. The lowest BCUT2D eigenvalue weighted by Gasteiger charge is -2.29. The molecule has 6 nitrogen and oxygen atoms in total. The van der Waals surface area contributed by atoms with E-state index in [4.69, 9.17) is 11.6 Å². The topological polar surface area (TPSA) is 70.2 Å². The van der Waals surface area contributed by atoms with Gasteiger partial charge in [-0.2, -0.15) is 18.2 Å². The number of rotatable bonds is 6. The maximum atomic E-state index is 13.0. The molecule has 0 aliphatic heterocycles. The SMILES string of the molecule is CN(C)c1nc(NC2CCC(C(=O)NCc3cc(C(F)(F)F)ccc3Cl)CC2)nc2ccccc12. The molecule has 1 aliphatic rings. The fraction of sp³-hybridized carbons (Fsp3) is 0.400. The molecule has 186 valence electrons. The summed E-state index contributed by atoms with van der Waals surface area (Å²) in [4.78, 5) is 23.9. The summed E-state index contributed by atoms with van der Waals surface area (Å²) in [5.74, 6) is 1.01. The van der Waals surface area contributed by atoms with Crippen molar-refractivity contribution in [3.63, 3.8) is 0 Å². The number of carbonyl (C=O) groups excluding carboxylic acids is 1. The van der Waals surface area contributed by atoms with Crippen LogP contribution in [-0.4, -0.2) is 36.0 Å². The van der Waals surface area contributed by atoms with Crippen LogP contribution in [0.3, 0.4) is 0 Å². The molecule has 1 heterocycles. The quantitative estimate of drug-likeness (QED) is 0.452. The van der Waals surface area contributed by atoms with Crippen LogP contribution in [0.2, 0.25) is 5.02 Å². The van der Waals surface area contributed by atoms with Crippen LogP contribution in [0.25, 0.3) is 10.9 Å². The molecule has 0 unspecified atom stereocenters. The largest absolute Gasteiger partial charge is 0.416 e. The van der Waals surface area contributed by atoms with Crippen LogP contribution in [0.15, 0.2) is 42.5 Å². The lowest BCUT2D eigenvalue weighted by Crippen LogP contribution is -2.36. The van der Waals surface area contributed by atoms with Gasteiger partial charge in [-0.3, -0.25) is 4.79 Å². The van der Waals surface area contributed by atoms with E-state index in [9.17, 15) is 18.0 Å². The van der Waals surface area contributed by atoms with E-state index >= 15 is 0 Å².